The first-order chi connectivity index (χ1) is 9.84. The van der Waals surface area contributed by atoms with Gasteiger partial charge in [0.1, 0.15) is 0 Å². The molecule has 102 valence electrons. The molecule has 1 fully saturated rings. The summed E-state index contributed by atoms with van der Waals surface area (Å²) in [5.41, 5.74) is 5.27. The third kappa shape index (κ3) is 1.75. The minimum Gasteiger partial charge on any atom is -0.377 e. The molecule has 0 bridgehead atoms. The molecule has 0 spiro atoms. The minimum atomic E-state index is 0.247. The number of aryl methyl sites for hydroxylation is 1. The molecule has 3 atom stereocenters. The van der Waals surface area contributed by atoms with Crippen LogP contribution in [0.3, 0.4) is 0 Å². The normalized spacial score (nSPS) is 27.6. The highest BCUT2D eigenvalue weighted by Gasteiger charge is 2.41. The molecule has 0 saturated carbocycles. The Morgan fingerprint density at radius 1 is 1.05 bits per heavy atom. The quantitative estimate of drug-likeness (QED) is 0.832. The average Bonchev–Trinajstić information content (AvgIpc) is 2.97. The van der Waals surface area contributed by atoms with Gasteiger partial charge in [0.05, 0.1) is 12.1 Å². The molecular formula is C18H19NO. The van der Waals surface area contributed by atoms with Crippen molar-refractivity contribution in [2.75, 3.05) is 11.9 Å². The molecule has 4 rings (SSSR count). The fourth-order valence-electron chi connectivity index (χ4n) is 3.65. The highest BCUT2D eigenvalue weighted by atomic mass is 16.5. The van der Waals surface area contributed by atoms with E-state index in [2.05, 4.69) is 60.8 Å². The van der Waals surface area contributed by atoms with Gasteiger partial charge in [-0.25, -0.2) is 0 Å². The fraction of sp³-hybridized carbons (Fsp3) is 0.333. The van der Waals surface area contributed by atoms with Crippen molar-refractivity contribution < 1.29 is 4.74 Å². The topological polar surface area (TPSA) is 21.3 Å². The van der Waals surface area contributed by atoms with Crippen molar-refractivity contribution >= 4 is 5.69 Å². The van der Waals surface area contributed by atoms with Crippen molar-refractivity contribution in [3.63, 3.8) is 0 Å². The Labute approximate surface area is 119 Å². The number of nitrogens with one attached hydrogen (secondary N) is 1. The zero-order valence-electron chi connectivity index (χ0n) is 11.7. The number of benzene rings is 2. The van der Waals surface area contributed by atoms with Crippen LogP contribution >= 0.6 is 0 Å². The molecule has 0 amide bonds. The van der Waals surface area contributed by atoms with E-state index in [1.54, 1.807) is 0 Å². The van der Waals surface area contributed by atoms with E-state index in [9.17, 15) is 0 Å². The van der Waals surface area contributed by atoms with Gasteiger partial charge in [-0.15, -0.1) is 0 Å². The highest BCUT2D eigenvalue weighted by molar-refractivity contribution is 5.62. The second-order valence-electron chi connectivity index (χ2n) is 5.82. The van der Waals surface area contributed by atoms with E-state index in [1.165, 1.54) is 22.4 Å². The molecule has 1 saturated heterocycles. The molecular weight excluding hydrogens is 246 g/mol. The van der Waals surface area contributed by atoms with E-state index in [1.807, 2.05) is 0 Å². The van der Waals surface area contributed by atoms with Crippen LogP contribution in [0.2, 0.25) is 0 Å². The number of fused-ring (bicyclic) bond motifs is 3. The van der Waals surface area contributed by atoms with Crippen molar-refractivity contribution in [1.29, 1.82) is 0 Å². The summed E-state index contributed by atoms with van der Waals surface area (Å²) >= 11 is 0. The lowest BCUT2D eigenvalue weighted by atomic mass is 9.80. The third-order valence-electron chi connectivity index (χ3n) is 4.64. The molecule has 2 heteroatoms. The predicted molar refractivity (Wildman–Crippen MR) is 80.8 cm³/mol. The summed E-state index contributed by atoms with van der Waals surface area (Å²) in [5, 5.41) is 3.77. The van der Waals surface area contributed by atoms with Crippen LogP contribution < -0.4 is 5.32 Å². The van der Waals surface area contributed by atoms with Gasteiger partial charge >= 0.3 is 0 Å². The SMILES string of the molecule is Cc1cccc2c1N[C@H](c1ccccc1)[C@@H]1CCO[C@@H]21. The molecule has 0 unspecified atom stereocenters. The molecule has 1 N–H and O–H groups in total. The lowest BCUT2D eigenvalue weighted by Crippen LogP contribution is -2.29. The number of para-hydroxylation sites is 1. The second kappa shape index (κ2) is 4.64. The Hall–Kier alpha value is -1.80. The maximum absolute atomic E-state index is 6.05. The summed E-state index contributed by atoms with van der Waals surface area (Å²) in [6.07, 6.45) is 1.38. The Bertz CT molecular complexity index is 623. The number of ether oxygens (including phenoxy) is 1. The second-order valence-corrected chi connectivity index (χ2v) is 5.82. The maximum atomic E-state index is 6.05. The Balaban J connectivity index is 1.82. The molecule has 0 aliphatic carbocycles. The summed E-state index contributed by atoms with van der Waals surface area (Å²) < 4.78 is 6.05. The van der Waals surface area contributed by atoms with Crippen molar-refractivity contribution in [1.82, 2.24) is 0 Å². The van der Waals surface area contributed by atoms with Gasteiger partial charge in [0, 0.05) is 23.8 Å². The van der Waals surface area contributed by atoms with Gasteiger partial charge < -0.3 is 10.1 Å². The molecule has 0 radical (unpaired) electrons. The van der Waals surface area contributed by atoms with Gasteiger partial charge in [-0.05, 0) is 24.5 Å². The zero-order chi connectivity index (χ0) is 13.5. The summed E-state index contributed by atoms with van der Waals surface area (Å²) in [5.74, 6) is 0.534. The number of rotatable bonds is 1. The summed E-state index contributed by atoms with van der Waals surface area (Å²) in [6, 6.07) is 17.6. The van der Waals surface area contributed by atoms with Crippen molar-refractivity contribution in [3.05, 3.63) is 65.2 Å². The van der Waals surface area contributed by atoms with Crippen LogP contribution in [-0.4, -0.2) is 6.61 Å². The Kier molecular flexibility index (Phi) is 2.78. The number of anilines is 1. The summed E-state index contributed by atoms with van der Waals surface area (Å²) in [6.45, 7) is 3.04. The first-order valence-electron chi connectivity index (χ1n) is 7.37. The van der Waals surface area contributed by atoms with Gasteiger partial charge in [-0.1, -0.05) is 48.5 Å². The Morgan fingerprint density at radius 2 is 1.90 bits per heavy atom. The van der Waals surface area contributed by atoms with E-state index in [4.69, 9.17) is 4.74 Å². The van der Waals surface area contributed by atoms with Crippen LogP contribution in [0, 0.1) is 12.8 Å². The van der Waals surface area contributed by atoms with Crippen molar-refractivity contribution in [2.45, 2.75) is 25.5 Å². The van der Waals surface area contributed by atoms with E-state index >= 15 is 0 Å². The van der Waals surface area contributed by atoms with E-state index < -0.39 is 0 Å². The monoisotopic (exact) mass is 265 g/mol. The van der Waals surface area contributed by atoms with Crippen LogP contribution in [0.15, 0.2) is 48.5 Å². The van der Waals surface area contributed by atoms with Crippen LogP contribution in [0.4, 0.5) is 5.69 Å². The van der Waals surface area contributed by atoms with Crippen molar-refractivity contribution in [2.24, 2.45) is 5.92 Å². The van der Waals surface area contributed by atoms with Crippen molar-refractivity contribution in [3.8, 4) is 0 Å². The predicted octanol–water partition coefficient (Wildman–Crippen LogP) is 4.24. The van der Waals surface area contributed by atoms with Gasteiger partial charge in [-0.3, -0.25) is 0 Å². The average molecular weight is 265 g/mol. The minimum absolute atomic E-state index is 0.247. The molecule has 2 aliphatic heterocycles. The summed E-state index contributed by atoms with van der Waals surface area (Å²) in [7, 11) is 0. The molecule has 2 nitrogen and oxygen atoms in total. The lowest BCUT2D eigenvalue weighted by molar-refractivity contribution is 0.0828. The smallest absolute Gasteiger partial charge is 0.0896 e. The van der Waals surface area contributed by atoms with Crippen LogP contribution in [0.25, 0.3) is 0 Å². The molecule has 0 aromatic heterocycles. The third-order valence-corrected chi connectivity index (χ3v) is 4.64. The molecule has 20 heavy (non-hydrogen) atoms. The molecule has 2 heterocycles. The standard InChI is InChI=1S/C18H19NO/c1-12-6-5-9-14-16(12)19-17(13-7-3-2-4-8-13)15-10-11-20-18(14)15/h2-9,15,17-19H,10-11H2,1H3/t15-,17+,18-/m0/s1. The molecule has 2 aromatic carbocycles. The van der Waals surface area contributed by atoms with Gasteiger partial charge in [0.2, 0.25) is 0 Å². The highest BCUT2D eigenvalue weighted by Crippen LogP contribution is 2.50. The van der Waals surface area contributed by atoms with Crippen LogP contribution in [0.5, 0.6) is 0 Å². The van der Waals surface area contributed by atoms with E-state index in [0.29, 0.717) is 12.0 Å². The maximum Gasteiger partial charge on any atom is 0.0896 e. The largest absolute Gasteiger partial charge is 0.377 e. The van der Waals surface area contributed by atoms with E-state index in [-0.39, 0.29) is 6.10 Å². The fourth-order valence-corrected chi connectivity index (χ4v) is 3.65. The summed E-state index contributed by atoms with van der Waals surface area (Å²) in [4.78, 5) is 0. The molecule has 2 aliphatic rings. The Morgan fingerprint density at radius 3 is 2.75 bits per heavy atom. The van der Waals surface area contributed by atoms with Gasteiger partial charge in [0.15, 0.2) is 0 Å². The number of hydrogen-bond acceptors (Lipinski definition) is 2. The van der Waals surface area contributed by atoms with E-state index in [0.717, 1.165) is 13.0 Å². The number of hydrogen-bond donors (Lipinski definition) is 1. The van der Waals surface area contributed by atoms with Gasteiger partial charge in [-0.2, -0.15) is 0 Å². The molecule has 2 aromatic rings. The zero-order valence-corrected chi connectivity index (χ0v) is 11.7. The van der Waals surface area contributed by atoms with Gasteiger partial charge in [0.25, 0.3) is 0 Å². The van der Waals surface area contributed by atoms with Crippen LogP contribution in [-0.2, 0) is 4.74 Å². The first-order valence-corrected chi connectivity index (χ1v) is 7.37. The first kappa shape index (κ1) is 12.0. The van der Waals surface area contributed by atoms with Crippen LogP contribution in [0.1, 0.15) is 35.3 Å². The lowest BCUT2D eigenvalue weighted by Gasteiger charge is -2.37.